The first-order chi connectivity index (χ1) is 13.5. The highest BCUT2D eigenvalue weighted by atomic mass is 32.1. The van der Waals surface area contributed by atoms with E-state index in [4.69, 9.17) is 4.74 Å². The second-order valence-electron chi connectivity index (χ2n) is 7.77. The van der Waals surface area contributed by atoms with Crippen LogP contribution in [0.1, 0.15) is 78.6 Å². The zero-order chi connectivity index (χ0) is 20.0. The minimum absolute atomic E-state index is 0.00330. The van der Waals surface area contributed by atoms with E-state index in [-0.39, 0.29) is 11.3 Å². The van der Waals surface area contributed by atoms with Gasteiger partial charge >= 0.3 is 0 Å². The lowest BCUT2D eigenvalue weighted by atomic mass is 9.84. The van der Waals surface area contributed by atoms with Crippen molar-refractivity contribution in [1.29, 1.82) is 0 Å². The van der Waals surface area contributed by atoms with Gasteiger partial charge in [0.25, 0.3) is 5.91 Å². The molecule has 4 nitrogen and oxygen atoms in total. The second kappa shape index (κ2) is 9.57. The van der Waals surface area contributed by atoms with E-state index in [0.717, 1.165) is 36.3 Å². The van der Waals surface area contributed by atoms with Crippen LogP contribution in [0.3, 0.4) is 0 Å². The number of amides is 1. The first-order valence-corrected chi connectivity index (χ1v) is 11.1. The molecular formula is C23H31NO3S. The molecule has 3 rings (SSSR count). The zero-order valence-electron chi connectivity index (χ0n) is 16.9. The summed E-state index contributed by atoms with van der Waals surface area (Å²) in [5.74, 6) is 0.764. The van der Waals surface area contributed by atoms with E-state index in [1.54, 1.807) is 18.3 Å². The Kier molecular flexibility index (Phi) is 7.13. The average Bonchev–Trinajstić information content (AvgIpc) is 3.37. The van der Waals surface area contributed by atoms with Crippen LogP contribution in [0.2, 0.25) is 0 Å². The Morgan fingerprint density at radius 3 is 2.54 bits per heavy atom. The molecule has 1 amide bonds. The van der Waals surface area contributed by atoms with Crippen LogP contribution < -0.4 is 10.1 Å². The molecule has 1 aliphatic rings. The minimum Gasteiger partial charge on any atom is -0.494 e. The lowest BCUT2D eigenvalue weighted by Crippen LogP contribution is -2.38. The summed E-state index contributed by atoms with van der Waals surface area (Å²) in [5, 5.41) is 13.0. The fraction of sp³-hybridized carbons (Fsp3) is 0.522. The van der Waals surface area contributed by atoms with Crippen molar-refractivity contribution in [2.45, 2.75) is 63.9 Å². The summed E-state index contributed by atoms with van der Waals surface area (Å²) in [5.41, 5.74) is 0.656. The summed E-state index contributed by atoms with van der Waals surface area (Å²) >= 11 is 1.68. The van der Waals surface area contributed by atoms with Gasteiger partial charge in [0, 0.05) is 27.3 Å². The number of carbonyl (C=O) groups is 1. The van der Waals surface area contributed by atoms with Crippen molar-refractivity contribution in [3.05, 3.63) is 51.7 Å². The number of ether oxygens (including phenoxy) is 1. The number of hydrogen-bond donors (Lipinski definition) is 2. The largest absolute Gasteiger partial charge is 0.494 e. The molecule has 2 N–H and O–H groups in total. The summed E-state index contributed by atoms with van der Waals surface area (Å²) in [4.78, 5) is 14.9. The fourth-order valence-corrected chi connectivity index (χ4v) is 5.00. The van der Waals surface area contributed by atoms with Crippen LogP contribution in [0, 0.1) is 0 Å². The highest BCUT2D eigenvalue weighted by molar-refractivity contribution is 7.12. The molecule has 2 aromatic rings. The van der Waals surface area contributed by atoms with Gasteiger partial charge in [-0.15, -0.1) is 11.3 Å². The van der Waals surface area contributed by atoms with E-state index < -0.39 is 6.10 Å². The number of nitrogens with one attached hydrogen (secondary N) is 1. The highest BCUT2D eigenvalue weighted by Gasteiger charge is 2.37. The molecule has 1 atom stereocenters. The smallest absolute Gasteiger partial charge is 0.251 e. The molecule has 152 valence electrons. The first-order valence-electron chi connectivity index (χ1n) is 10.3. The Morgan fingerprint density at radius 2 is 1.93 bits per heavy atom. The van der Waals surface area contributed by atoms with Crippen molar-refractivity contribution >= 4 is 17.2 Å². The summed E-state index contributed by atoms with van der Waals surface area (Å²) in [7, 11) is 0. The van der Waals surface area contributed by atoms with Gasteiger partial charge in [-0.25, -0.2) is 0 Å². The van der Waals surface area contributed by atoms with Crippen LogP contribution in [0.4, 0.5) is 0 Å². The van der Waals surface area contributed by atoms with E-state index in [0.29, 0.717) is 18.7 Å². The van der Waals surface area contributed by atoms with E-state index in [1.165, 1.54) is 17.7 Å². The molecule has 1 fully saturated rings. The van der Waals surface area contributed by atoms with Gasteiger partial charge in [-0.3, -0.25) is 4.79 Å². The Bertz CT molecular complexity index is 760. The molecule has 0 aliphatic heterocycles. The number of benzene rings is 1. The monoisotopic (exact) mass is 401 g/mol. The Hall–Kier alpha value is -1.85. The van der Waals surface area contributed by atoms with Crippen LogP contribution in [0.15, 0.2) is 36.4 Å². The quantitative estimate of drug-likeness (QED) is 0.566. The SMILES string of the molecule is CCCCOc1ccc(C(=O)NCC2(c3ccc(C(C)O)s3)CCCC2)cc1. The van der Waals surface area contributed by atoms with Gasteiger partial charge < -0.3 is 15.2 Å². The minimum atomic E-state index is -0.440. The molecule has 5 heteroatoms. The normalized spacial score (nSPS) is 16.7. The van der Waals surface area contributed by atoms with Crippen LogP contribution in [0.25, 0.3) is 0 Å². The van der Waals surface area contributed by atoms with Gasteiger partial charge in [0.1, 0.15) is 5.75 Å². The Balaban J connectivity index is 1.62. The van der Waals surface area contributed by atoms with Gasteiger partial charge in [0.15, 0.2) is 0 Å². The first kappa shape index (κ1) is 20.9. The summed E-state index contributed by atoms with van der Waals surface area (Å²) in [6.07, 6.45) is 6.22. The third-order valence-electron chi connectivity index (χ3n) is 5.59. The molecule has 1 aromatic heterocycles. The predicted molar refractivity (Wildman–Crippen MR) is 114 cm³/mol. The number of hydrogen-bond acceptors (Lipinski definition) is 4. The van der Waals surface area contributed by atoms with E-state index in [1.807, 2.05) is 30.3 Å². The molecule has 0 bridgehead atoms. The molecule has 1 saturated carbocycles. The lowest BCUT2D eigenvalue weighted by molar-refractivity contribution is 0.0943. The molecule has 0 saturated heterocycles. The fourth-order valence-electron chi connectivity index (χ4n) is 3.81. The third-order valence-corrected chi connectivity index (χ3v) is 7.09. The molecule has 0 radical (unpaired) electrons. The maximum atomic E-state index is 12.7. The number of rotatable bonds is 9. The van der Waals surface area contributed by atoms with Crippen molar-refractivity contribution < 1.29 is 14.6 Å². The van der Waals surface area contributed by atoms with Crippen molar-refractivity contribution in [2.24, 2.45) is 0 Å². The second-order valence-corrected chi connectivity index (χ2v) is 8.89. The third kappa shape index (κ3) is 4.95. The van der Waals surface area contributed by atoms with Gasteiger partial charge in [0.05, 0.1) is 12.7 Å². The van der Waals surface area contributed by atoms with Crippen LogP contribution in [0.5, 0.6) is 5.75 Å². The Labute approximate surface area is 171 Å². The number of carbonyl (C=O) groups excluding carboxylic acids is 1. The number of aliphatic hydroxyl groups is 1. The van der Waals surface area contributed by atoms with Gasteiger partial charge in [-0.05, 0) is 62.6 Å². The average molecular weight is 402 g/mol. The van der Waals surface area contributed by atoms with Crippen molar-refractivity contribution in [3.63, 3.8) is 0 Å². The molecule has 1 unspecified atom stereocenters. The lowest BCUT2D eigenvalue weighted by Gasteiger charge is -2.28. The standard InChI is InChI=1S/C23H31NO3S/c1-3-4-15-27-19-9-7-18(8-10-19)22(26)24-16-23(13-5-6-14-23)21-12-11-20(28-21)17(2)25/h7-12,17,25H,3-6,13-16H2,1-2H3,(H,24,26). The molecule has 1 aromatic carbocycles. The molecule has 28 heavy (non-hydrogen) atoms. The van der Waals surface area contributed by atoms with Crippen molar-refractivity contribution in [1.82, 2.24) is 5.32 Å². The topological polar surface area (TPSA) is 58.6 Å². The van der Waals surface area contributed by atoms with Crippen LogP contribution in [-0.2, 0) is 5.41 Å². The summed E-state index contributed by atoms with van der Waals surface area (Å²) in [6, 6.07) is 11.5. The summed E-state index contributed by atoms with van der Waals surface area (Å²) < 4.78 is 5.67. The maximum Gasteiger partial charge on any atom is 0.251 e. The van der Waals surface area contributed by atoms with Crippen molar-refractivity contribution in [2.75, 3.05) is 13.2 Å². The molecular weight excluding hydrogens is 370 g/mol. The van der Waals surface area contributed by atoms with Crippen LogP contribution in [-0.4, -0.2) is 24.2 Å². The van der Waals surface area contributed by atoms with Gasteiger partial charge in [-0.1, -0.05) is 26.2 Å². The number of aliphatic hydroxyl groups excluding tert-OH is 1. The number of unbranched alkanes of at least 4 members (excludes halogenated alkanes) is 1. The molecule has 1 heterocycles. The molecule has 0 spiro atoms. The van der Waals surface area contributed by atoms with Crippen molar-refractivity contribution in [3.8, 4) is 5.75 Å². The summed E-state index contributed by atoms with van der Waals surface area (Å²) in [6.45, 7) is 5.28. The van der Waals surface area contributed by atoms with E-state index in [2.05, 4.69) is 18.3 Å². The van der Waals surface area contributed by atoms with E-state index >= 15 is 0 Å². The predicted octanol–water partition coefficient (Wildman–Crippen LogP) is 5.22. The Morgan fingerprint density at radius 1 is 1.21 bits per heavy atom. The maximum absolute atomic E-state index is 12.7. The van der Waals surface area contributed by atoms with Crippen LogP contribution >= 0.6 is 11.3 Å². The van der Waals surface area contributed by atoms with Gasteiger partial charge in [-0.2, -0.15) is 0 Å². The van der Waals surface area contributed by atoms with Gasteiger partial charge in [0.2, 0.25) is 0 Å². The zero-order valence-corrected chi connectivity index (χ0v) is 17.7. The molecule has 1 aliphatic carbocycles. The highest BCUT2D eigenvalue weighted by Crippen LogP contribution is 2.44. The van der Waals surface area contributed by atoms with E-state index in [9.17, 15) is 9.90 Å². The number of thiophene rings is 1.